The maximum Gasteiger partial charge on any atom is 0.408 e. The Hall–Kier alpha value is -2.88. The van der Waals surface area contributed by atoms with Crippen molar-refractivity contribution >= 4 is 6.09 Å². The molecule has 2 atom stereocenters. The number of alkyl halides is 3. The summed E-state index contributed by atoms with van der Waals surface area (Å²) in [5, 5.41) is 2.62. The summed E-state index contributed by atoms with van der Waals surface area (Å²) in [7, 11) is 0. The van der Waals surface area contributed by atoms with Gasteiger partial charge >= 0.3 is 12.3 Å². The van der Waals surface area contributed by atoms with Gasteiger partial charge in [-0.3, -0.25) is 0 Å². The summed E-state index contributed by atoms with van der Waals surface area (Å²) in [6.07, 6.45) is -5.36. The number of fused-ring (bicyclic) bond motifs is 1. The number of halogens is 4. The highest BCUT2D eigenvalue weighted by Crippen LogP contribution is 2.43. The smallest absolute Gasteiger partial charge is 0.408 e. The fourth-order valence-electron chi connectivity index (χ4n) is 3.21. The standard InChI is InChI=1S/C21H23F4N3O3/c1-20(2,3)31-19(29)28-16-10-30-18-13(16)8-15(14(9-26)21(23,24)25)27-17(18)11-4-6-12(22)7-5-11/h4-8,14,16H,9-10,26H2,1-3H3,(H,28,29). The van der Waals surface area contributed by atoms with Gasteiger partial charge < -0.3 is 20.5 Å². The molecule has 31 heavy (non-hydrogen) atoms. The molecule has 0 bridgehead atoms. The third kappa shape index (κ3) is 5.25. The monoisotopic (exact) mass is 441 g/mol. The van der Waals surface area contributed by atoms with E-state index in [-0.39, 0.29) is 23.7 Å². The van der Waals surface area contributed by atoms with Crippen molar-refractivity contribution in [1.82, 2.24) is 10.3 Å². The number of aromatic nitrogens is 1. The van der Waals surface area contributed by atoms with Crippen LogP contribution in [0.15, 0.2) is 30.3 Å². The zero-order chi connectivity index (χ0) is 23.0. The fraction of sp³-hybridized carbons (Fsp3) is 0.429. The Labute approximate surface area is 176 Å². The lowest BCUT2D eigenvalue weighted by molar-refractivity contribution is -0.148. The normalized spacial score (nSPS) is 17.0. The number of carbonyl (C=O) groups excluding carboxylic acids is 1. The lowest BCUT2D eigenvalue weighted by atomic mass is 9.97. The summed E-state index contributed by atoms with van der Waals surface area (Å²) >= 11 is 0. The van der Waals surface area contributed by atoms with E-state index in [9.17, 15) is 22.4 Å². The number of nitrogens with one attached hydrogen (secondary N) is 1. The number of nitrogens with zero attached hydrogens (tertiary/aromatic N) is 1. The van der Waals surface area contributed by atoms with Crippen LogP contribution in [0.4, 0.5) is 22.4 Å². The Morgan fingerprint density at radius 2 is 1.94 bits per heavy atom. The van der Waals surface area contributed by atoms with Crippen LogP contribution in [0.3, 0.4) is 0 Å². The molecule has 2 unspecified atom stereocenters. The van der Waals surface area contributed by atoms with Gasteiger partial charge in [0.15, 0.2) is 5.75 Å². The summed E-state index contributed by atoms with van der Waals surface area (Å²) in [6.45, 7) is 4.34. The SMILES string of the molecule is CC(C)(C)OC(=O)NC1COc2c1cc(C(CN)C(F)(F)F)nc2-c1ccc(F)cc1. The second kappa shape index (κ2) is 8.33. The molecule has 0 saturated heterocycles. The van der Waals surface area contributed by atoms with E-state index in [1.807, 2.05) is 0 Å². The summed E-state index contributed by atoms with van der Waals surface area (Å²) in [5.74, 6) is -2.30. The molecule has 1 aliphatic rings. The van der Waals surface area contributed by atoms with Gasteiger partial charge in [0.05, 0.1) is 11.7 Å². The van der Waals surface area contributed by atoms with Gasteiger partial charge in [0.2, 0.25) is 0 Å². The van der Waals surface area contributed by atoms with Gasteiger partial charge in [0.1, 0.15) is 29.6 Å². The quantitative estimate of drug-likeness (QED) is 0.685. The van der Waals surface area contributed by atoms with E-state index in [1.54, 1.807) is 20.8 Å². The molecule has 0 aliphatic carbocycles. The van der Waals surface area contributed by atoms with Crippen molar-refractivity contribution in [3.05, 3.63) is 47.4 Å². The number of hydrogen-bond donors (Lipinski definition) is 2. The van der Waals surface area contributed by atoms with E-state index in [1.165, 1.54) is 30.3 Å². The summed E-state index contributed by atoms with van der Waals surface area (Å²) < 4.78 is 64.9. The van der Waals surface area contributed by atoms with E-state index >= 15 is 0 Å². The Morgan fingerprint density at radius 3 is 2.48 bits per heavy atom. The molecule has 1 aromatic heterocycles. The second-order valence-corrected chi connectivity index (χ2v) is 8.16. The predicted octanol–water partition coefficient (Wildman–Crippen LogP) is 4.45. The number of alkyl carbamates (subject to hydrolysis) is 1. The van der Waals surface area contributed by atoms with E-state index in [0.29, 0.717) is 11.1 Å². The van der Waals surface area contributed by atoms with Crippen LogP contribution in [0.5, 0.6) is 5.75 Å². The third-order valence-electron chi connectivity index (χ3n) is 4.59. The van der Waals surface area contributed by atoms with Crippen molar-refractivity contribution in [3.63, 3.8) is 0 Å². The number of benzene rings is 1. The van der Waals surface area contributed by atoms with Gasteiger partial charge in [-0.15, -0.1) is 0 Å². The van der Waals surface area contributed by atoms with E-state index in [0.717, 1.165) is 0 Å². The number of amides is 1. The molecular formula is C21H23F4N3O3. The summed E-state index contributed by atoms with van der Waals surface area (Å²) in [4.78, 5) is 16.4. The second-order valence-electron chi connectivity index (χ2n) is 8.16. The molecule has 0 spiro atoms. The maximum atomic E-state index is 13.5. The van der Waals surface area contributed by atoms with Gasteiger partial charge in [-0.05, 0) is 51.1 Å². The van der Waals surface area contributed by atoms with Crippen LogP contribution in [0.2, 0.25) is 0 Å². The topological polar surface area (TPSA) is 86.5 Å². The molecule has 1 aliphatic heterocycles. The number of nitrogens with two attached hydrogens (primary N) is 1. The first-order chi connectivity index (χ1) is 14.4. The van der Waals surface area contributed by atoms with Crippen LogP contribution in [-0.2, 0) is 4.74 Å². The zero-order valence-corrected chi connectivity index (χ0v) is 17.2. The van der Waals surface area contributed by atoms with Crippen molar-refractivity contribution in [1.29, 1.82) is 0 Å². The highest BCUT2D eigenvalue weighted by molar-refractivity contribution is 5.72. The Morgan fingerprint density at radius 1 is 1.29 bits per heavy atom. The van der Waals surface area contributed by atoms with Crippen LogP contribution in [-0.4, -0.2) is 36.0 Å². The number of hydrogen-bond acceptors (Lipinski definition) is 5. The summed E-state index contributed by atoms with van der Waals surface area (Å²) in [6, 6.07) is 5.62. The molecule has 6 nitrogen and oxygen atoms in total. The molecule has 2 aromatic rings. The minimum atomic E-state index is -4.62. The van der Waals surface area contributed by atoms with E-state index in [4.69, 9.17) is 15.2 Å². The van der Waals surface area contributed by atoms with Gasteiger partial charge in [-0.2, -0.15) is 13.2 Å². The van der Waals surface area contributed by atoms with Crippen LogP contribution in [0.1, 0.15) is 44.0 Å². The Balaban J connectivity index is 2.07. The number of ether oxygens (including phenoxy) is 2. The molecule has 2 heterocycles. The first kappa shape index (κ1) is 22.8. The third-order valence-corrected chi connectivity index (χ3v) is 4.59. The molecule has 0 saturated carbocycles. The van der Waals surface area contributed by atoms with E-state index < -0.39 is 42.2 Å². The Kier molecular flexibility index (Phi) is 6.13. The fourth-order valence-corrected chi connectivity index (χ4v) is 3.21. The van der Waals surface area contributed by atoms with Crippen molar-refractivity contribution in [2.75, 3.05) is 13.2 Å². The highest BCUT2D eigenvalue weighted by Gasteiger charge is 2.42. The molecule has 0 radical (unpaired) electrons. The molecule has 0 fully saturated rings. The zero-order valence-electron chi connectivity index (χ0n) is 17.2. The average molecular weight is 441 g/mol. The van der Waals surface area contributed by atoms with Crippen molar-refractivity contribution < 1.29 is 31.8 Å². The van der Waals surface area contributed by atoms with Gasteiger partial charge in [-0.1, -0.05) is 0 Å². The number of pyridine rings is 1. The molecule has 168 valence electrons. The van der Waals surface area contributed by atoms with Crippen LogP contribution >= 0.6 is 0 Å². The minimum Gasteiger partial charge on any atom is -0.488 e. The summed E-state index contributed by atoms with van der Waals surface area (Å²) in [5.41, 5.74) is 5.14. The van der Waals surface area contributed by atoms with Gasteiger partial charge in [0.25, 0.3) is 0 Å². The largest absolute Gasteiger partial charge is 0.488 e. The van der Waals surface area contributed by atoms with Crippen LogP contribution in [0.25, 0.3) is 11.3 Å². The first-order valence-corrected chi connectivity index (χ1v) is 9.59. The number of carbonyl (C=O) groups is 1. The predicted molar refractivity (Wildman–Crippen MR) is 105 cm³/mol. The highest BCUT2D eigenvalue weighted by atomic mass is 19.4. The van der Waals surface area contributed by atoms with Crippen molar-refractivity contribution in [3.8, 4) is 17.0 Å². The molecule has 1 aromatic carbocycles. The molecule has 3 rings (SSSR count). The molecule has 10 heteroatoms. The molecule has 3 N–H and O–H groups in total. The lowest BCUT2D eigenvalue weighted by Crippen LogP contribution is -2.35. The van der Waals surface area contributed by atoms with Crippen LogP contribution < -0.4 is 15.8 Å². The van der Waals surface area contributed by atoms with Crippen LogP contribution in [0, 0.1) is 5.82 Å². The Bertz CT molecular complexity index is 956. The van der Waals surface area contributed by atoms with Crippen molar-refractivity contribution in [2.45, 2.75) is 44.5 Å². The van der Waals surface area contributed by atoms with Gasteiger partial charge in [0, 0.05) is 17.7 Å². The average Bonchev–Trinajstić information content (AvgIpc) is 3.02. The molecule has 1 amide bonds. The lowest BCUT2D eigenvalue weighted by Gasteiger charge is -2.22. The first-order valence-electron chi connectivity index (χ1n) is 9.59. The number of rotatable bonds is 4. The molecular weight excluding hydrogens is 418 g/mol. The van der Waals surface area contributed by atoms with Crippen molar-refractivity contribution in [2.24, 2.45) is 5.73 Å². The van der Waals surface area contributed by atoms with Gasteiger partial charge in [-0.25, -0.2) is 14.2 Å². The minimum absolute atomic E-state index is 0.0206. The van der Waals surface area contributed by atoms with E-state index in [2.05, 4.69) is 10.3 Å². The maximum absolute atomic E-state index is 13.5.